The Bertz CT molecular complexity index is 802. The number of carbonyl (C=O) groups is 1. The Balaban J connectivity index is 1.27. The van der Waals surface area contributed by atoms with E-state index in [4.69, 9.17) is 11.6 Å². The average molecular weight is 428 g/mol. The lowest BCUT2D eigenvalue weighted by Crippen LogP contribution is -3.28. The van der Waals surface area contributed by atoms with E-state index in [-0.39, 0.29) is 29.5 Å². The lowest BCUT2D eigenvalue weighted by atomic mass is 10.2. The van der Waals surface area contributed by atoms with E-state index in [2.05, 4.69) is 12.1 Å². The topological polar surface area (TPSA) is 63.3 Å². The molecular weight excluding hydrogens is 398 g/mol. The molecule has 2 heterocycles. The highest BCUT2D eigenvalue weighted by atomic mass is 35.5. The van der Waals surface area contributed by atoms with Crippen LogP contribution in [0.3, 0.4) is 0 Å². The van der Waals surface area contributed by atoms with E-state index in [1.165, 1.54) is 10.5 Å². The number of sulfone groups is 1. The quantitative estimate of drug-likeness (QED) is 0.599. The van der Waals surface area contributed by atoms with Crippen LogP contribution >= 0.6 is 11.6 Å². The lowest BCUT2D eigenvalue weighted by Gasteiger charge is -2.33. The van der Waals surface area contributed by atoms with Gasteiger partial charge < -0.3 is 14.7 Å². The molecule has 0 bridgehead atoms. The summed E-state index contributed by atoms with van der Waals surface area (Å²) in [5.74, 6) is 0.540. The van der Waals surface area contributed by atoms with E-state index < -0.39 is 9.84 Å². The van der Waals surface area contributed by atoms with Gasteiger partial charge in [0.25, 0.3) is 5.91 Å². The molecule has 3 fully saturated rings. The van der Waals surface area contributed by atoms with Crippen LogP contribution in [0.4, 0.5) is 0 Å². The third kappa shape index (κ3) is 5.06. The summed E-state index contributed by atoms with van der Waals surface area (Å²) in [5.41, 5.74) is 1.29. The Morgan fingerprint density at radius 2 is 1.64 bits per heavy atom. The lowest BCUT2D eigenvalue weighted by molar-refractivity contribution is -1.02. The first kappa shape index (κ1) is 20.1. The molecule has 28 heavy (non-hydrogen) atoms. The number of hydrogen-bond donors (Lipinski definition) is 2. The van der Waals surface area contributed by atoms with E-state index in [1.54, 1.807) is 4.90 Å². The van der Waals surface area contributed by atoms with Gasteiger partial charge in [-0.15, -0.1) is 0 Å². The van der Waals surface area contributed by atoms with Crippen LogP contribution in [0.5, 0.6) is 0 Å². The number of piperazine rings is 1. The summed E-state index contributed by atoms with van der Waals surface area (Å²) in [5, 5.41) is 0.766. The van der Waals surface area contributed by atoms with Crippen LogP contribution in [-0.4, -0.2) is 75.5 Å². The second kappa shape index (κ2) is 8.30. The van der Waals surface area contributed by atoms with E-state index in [1.807, 2.05) is 17.0 Å². The zero-order chi connectivity index (χ0) is 19.7. The molecule has 6 nitrogen and oxygen atoms in total. The Kier molecular flexibility index (Phi) is 5.97. The fourth-order valence-corrected chi connectivity index (χ4v) is 6.40. The molecule has 1 saturated carbocycles. The number of carbonyl (C=O) groups excluding carboxylic acids is 1. The van der Waals surface area contributed by atoms with Crippen LogP contribution < -0.4 is 9.80 Å². The number of nitrogens with one attached hydrogen (secondary N) is 2. The summed E-state index contributed by atoms with van der Waals surface area (Å²) in [6, 6.07) is 8.23. The summed E-state index contributed by atoms with van der Waals surface area (Å²) in [6.45, 7) is 5.55. The smallest absolute Gasteiger partial charge is 0.278 e. The van der Waals surface area contributed by atoms with Crippen molar-refractivity contribution >= 4 is 27.3 Å². The first-order valence-corrected chi connectivity index (χ1v) is 12.5. The van der Waals surface area contributed by atoms with Crippen molar-refractivity contribution in [2.75, 3.05) is 44.2 Å². The fraction of sp³-hybridized carbons (Fsp3) is 0.650. The van der Waals surface area contributed by atoms with Crippen molar-refractivity contribution < 1.29 is 23.0 Å². The van der Waals surface area contributed by atoms with Gasteiger partial charge >= 0.3 is 0 Å². The Morgan fingerprint density at radius 1 is 1.00 bits per heavy atom. The zero-order valence-corrected chi connectivity index (χ0v) is 17.8. The first-order valence-electron chi connectivity index (χ1n) is 10.3. The maximum Gasteiger partial charge on any atom is 0.278 e. The standard InChI is InChI=1S/C20H28ClN3O3S/c21-17-3-1-16(2-4-17)13-22-8-10-23(11-9-22)14-20(25)24(18-5-6-18)19-7-12-28(26,27)15-19/h1-4,18-19H,5-15H2/p+2/t19-/m1/s1. The number of halogens is 1. The summed E-state index contributed by atoms with van der Waals surface area (Å²) in [7, 11) is -2.96. The fourth-order valence-electron chi connectivity index (χ4n) is 4.56. The normalized spacial score (nSPS) is 29.5. The molecule has 0 radical (unpaired) electrons. The molecule has 1 amide bonds. The van der Waals surface area contributed by atoms with Crippen LogP contribution in [0.2, 0.25) is 5.02 Å². The Hall–Kier alpha value is -1.15. The van der Waals surface area contributed by atoms with Crippen LogP contribution in [-0.2, 0) is 21.2 Å². The summed E-state index contributed by atoms with van der Waals surface area (Å²) < 4.78 is 23.7. The van der Waals surface area contributed by atoms with Gasteiger partial charge in [-0.25, -0.2) is 8.42 Å². The van der Waals surface area contributed by atoms with Crippen molar-refractivity contribution in [2.45, 2.75) is 37.9 Å². The first-order chi connectivity index (χ1) is 13.4. The van der Waals surface area contributed by atoms with Crippen molar-refractivity contribution in [3.8, 4) is 0 Å². The molecule has 0 unspecified atom stereocenters. The van der Waals surface area contributed by atoms with E-state index in [9.17, 15) is 13.2 Å². The molecule has 1 aromatic rings. The summed E-state index contributed by atoms with van der Waals surface area (Å²) in [4.78, 5) is 17.8. The number of benzene rings is 1. The van der Waals surface area contributed by atoms with E-state index in [0.717, 1.165) is 50.6 Å². The van der Waals surface area contributed by atoms with Gasteiger partial charge in [0.15, 0.2) is 16.4 Å². The maximum atomic E-state index is 13.0. The molecule has 2 aliphatic heterocycles. The van der Waals surface area contributed by atoms with Crippen molar-refractivity contribution in [2.24, 2.45) is 0 Å². The number of rotatable bonds is 6. The molecular formula is C20H30ClN3O3S+2. The third-order valence-electron chi connectivity index (χ3n) is 6.26. The summed E-state index contributed by atoms with van der Waals surface area (Å²) in [6.07, 6.45) is 2.66. The van der Waals surface area contributed by atoms with Gasteiger partial charge in [-0.1, -0.05) is 23.7 Å². The van der Waals surface area contributed by atoms with Gasteiger partial charge in [-0.2, -0.15) is 0 Å². The molecule has 1 aliphatic carbocycles. The highest BCUT2D eigenvalue weighted by molar-refractivity contribution is 7.91. The van der Waals surface area contributed by atoms with Gasteiger partial charge in [0.1, 0.15) is 32.7 Å². The number of amides is 1. The molecule has 154 valence electrons. The maximum absolute atomic E-state index is 13.0. The molecule has 3 aliphatic rings. The molecule has 0 spiro atoms. The van der Waals surface area contributed by atoms with E-state index >= 15 is 0 Å². The third-order valence-corrected chi connectivity index (χ3v) is 8.27. The van der Waals surface area contributed by atoms with Crippen LogP contribution in [0.15, 0.2) is 24.3 Å². The van der Waals surface area contributed by atoms with Gasteiger partial charge in [-0.3, -0.25) is 4.79 Å². The largest absolute Gasteiger partial charge is 0.331 e. The predicted octanol–water partition coefficient (Wildman–Crippen LogP) is -1.20. The van der Waals surface area contributed by atoms with Gasteiger partial charge in [-0.05, 0) is 31.4 Å². The second-order valence-electron chi connectivity index (χ2n) is 8.57. The molecule has 8 heteroatoms. The number of nitrogens with zero attached hydrogens (tertiary/aromatic N) is 1. The van der Waals surface area contributed by atoms with Crippen molar-refractivity contribution in [1.82, 2.24) is 4.90 Å². The molecule has 0 aromatic heterocycles. The minimum atomic E-state index is -2.96. The number of quaternary nitrogens is 2. The second-order valence-corrected chi connectivity index (χ2v) is 11.2. The average Bonchev–Trinajstić information content (AvgIpc) is 3.42. The van der Waals surface area contributed by atoms with Crippen LogP contribution in [0.1, 0.15) is 24.8 Å². The van der Waals surface area contributed by atoms with Gasteiger partial charge in [0.2, 0.25) is 0 Å². The van der Waals surface area contributed by atoms with Crippen LogP contribution in [0.25, 0.3) is 0 Å². The van der Waals surface area contributed by atoms with Gasteiger partial charge in [0.05, 0.1) is 11.5 Å². The monoisotopic (exact) mass is 427 g/mol. The molecule has 2 N–H and O–H groups in total. The van der Waals surface area contributed by atoms with Crippen molar-refractivity contribution in [1.29, 1.82) is 0 Å². The molecule has 4 rings (SSSR count). The van der Waals surface area contributed by atoms with Crippen LogP contribution in [0, 0.1) is 0 Å². The SMILES string of the molecule is O=C(C[NH+]1CC[NH+](Cc2ccc(Cl)cc2)CC1)N(C1CC1)[C@@H]1CCS(=O)(=O)C1. The van der Waals surface area contributed by atoms with E-state index in [0.29, 0.717) is 13.0 Å². The highest BCUT2D eigenvalue weighted by Crippen LogP contribution is 2.32. The number of hydrogen-bond acceptors (Lipinski definition) is 3. The minimum absolute atomic E-state index is 0.0961. The summed E-state index contributed by atoms with van der Waals surface area (Å²) >= 11 is 5.96. The minimum Gasteiger partial charge on any atom is -0.331 e. The zero-order valence-electron chi connectivity index (χ0n) is 16.2. The highest BCUT2D eigenvalue weighted by Gasteiger charge is 2.43. The molecule has 1 aromatic carbocycles. The molecule has 1 atom stereocenters. The Morgan fingerprint density at radius 3 is 2.21 bits per heavy atom. The molecule has 2 saturated heterocycles. The van der Waals surface area contributed by atoms with Crippen molar-refractivity contribution in [3.63, 3.8) is 0 Å². The van der Waals surface area contributed by atoms with Crippen molar-refractivity contribution in [3.05, 3.63) is 34.9 Å². The Labute approximate surface area is 172 Å². The van der Waals surface area contributed by atoms with Gasteiger partial charge in [0, 0.05) is 22.7 Å². The predicted molar refractivity (Wildman–Crippen MR) is 108 cm³/mol.